The SMILES string of the molecule is O=C1CCCC2=C1[C@H](c1ccc(-c3ccccc3)cc1)[C@@H]1C(=O)c3ccccc3C1=N2. The fraction of sp³-hybridized carbons (Fsp3) is 0.179. The highest BCUT2D eigenvalue weighted by molar-refractivity contribution is 6.30. The van der Waals surface area contributed by atoms with Gasteiger partial charge in [0.25, 0.3) is 0 Å². The Morgan fingerprint density at radius 3 is 2.13 bits per heavy atom. The summed E-state index contributed by atoms with van der Waals surface area (Å²) in [5, 5.41) is 0. The quantitative estimate of drug-likeness (QED) is 0.546. The summed E-state index contributed by atoms with van der Waals surface area (Å²) in [5.74, 6) is -0.456. The van der Waals surface area contributed by atoms with E-state index in [4.69, 9.17) is 4.99 Å². The first-order valence-corrected chi connectivity index (χ1v) is 10.9. The average molecular weight is 403 g/mol. The summed E-state index contributed by atoms with van der Waals surface area (Å²) >= 11 is 0. The van der Waals surface area contributed by atoms with E-state index in [1.165, 1.54) is 0 Å². The number of hydrogen-bond donors (Lipinski definition) is 0. The monoisotopic (exact) mass is 403 g/mol. The lowest BCUT2D eigenvalue weighted by atomic mass is 9.71. The molecule has 0 spiro atoms. The third kappa shape index (κ3) is 2.77. The Labute approximate surface area is 181 Å². The number of allylic oxidation sites excluding steroid dienone is 2. The third-order valence-electron chi connectivity index (χ3n) is 6.75. The summed E-state index contributed by atoms with van der Waals surface area (Å²) in [4.78, 5) is 31.4. The number of benzene rings is 3. The van der Waals surface area contributed by atoms with Gasteiger partial charge in [0.1, 0.15) is 0 Å². The van der Waals surface area contributed by atoms with Gasteiger partial charge in [0.15, 0.2) is 11.6 Å². The Bertz CT molecular complexity index is 1280. The van der Waals surface area contributed by atoms with Gasteiger partial charge in [0.05, 0.1) is 11.6 Å². The highest BCUT2D eigenvalue weighted by Gasteiger charge is 2.48. The van der Waals surface area contributed by atoms with Crippen LogP contribution in [0.25, 0.3) is 11.1 Å². The van der Waals surface area contributed by atoms with Crippen molar-refractivity contribution >= 4 is 17.3 Å². The molecule has 2 atom stereocenters. The summed E-state index contributed by atoms with van der Waals surface area (Å²) < 4.78 is 0. The van der Waals surface area contributed by atoms with E-state index in [-0.39, 0.29) is 17.5 Å². The Morgan fingerprint density at radius 1 is 0.677 bits per heavy atom. The fourth-order valence-corrected chi connectivity index (χ4v) is 5.32. The second-order valence-electron chi connectivity index (χ2n) is 8.49. The van der Waals surface area contributed by atoms with Gasteiger partial charge in [-0.05, 0) is 29.5 Å². The molecule has 1 heterocycles. The van der Waals surface area contributed by atoms with Crippen LogP contribution in [0.15, 0.2) is 95.1 Å². The molecule has 0 N–H and O–H groups in total. The van der Waals surface area contributed by atoms with Crippen molar-refractivity contribution in [3.63, 3.8) is 0 Å². The van der Waals surface area contributed by atoms with Gasteiger partial charge in [-0.25, -0.2) is 0 Å². The second kappa shape index (κ2) is 6.98. The lowest BCUT2D eigenvalue weighted by Gasteiger charge is -2.33. The largest absolute Gasteiger partial charge is 0.294 e. The van der Waals surface area contributed by atoms with Crippen LogP contribution in [0.2, 0.25) is 0 Å². The molecule has 0 fully saturated rings. The van der Waals surface area contributed by atoms with Crippen molar-refractivity contribution in [2.75, 3.05) is 0 Å². The number of hydrogen-bond acceptors (Lipinski definition) is 3. The van der Waals surface area contributed by atoms with Crippen molar-refractivity contribution in [2.24, 2.45) is 10.9 Å². The fourth-order valence-electron chi connectivity index (χ4n) is 5.32. The number of carbonyl (C=O) groups is 2. The van der Waals surface area contributed by atoms with E-state index in [9.17, 15) is 9.59 Å². The molecule has 2 aliphatic carbocycles. The smallest absolute Gasteiger partial charge is 0.173 e. The Balaban J connectivity index is 1.50. The zero-order chi connectivity index (χ0) is 20.9. The number of rotatable bonds is 2. The van der Waals surface area contributed by atoms with E-state index >= 15 is 0 Å². The molecule has 150 valence electrons. The van der Waals surface area contributed by atoms with Crippen molar-refractivity contribution in [3.8, 4) is 11.1 Å². The summed E-state index contributed by atoms with van der Waals surface area (Å²) in [7, 11) is 0. The van der Waals surface area contributed by atoms with Crippen LogP contribution in [-0.2, 0) is 4.79 Å². The number of ketones is 2. The Kier molecular flexibility index (Phi) is 4.10. The van der Waals surface area contributed by atoms with E-state index in [2.05, 4.69) is 36.4 Å². The van der Waals surface area contributed by atoms with Crippen LogP contribution in [0.5, 0.6) is 0 Å². The molecule has 0 bridgehead atoms. The molecule has 3 aromatic carbocycles. The van der Waals surface area contributed by atoms with Crippen LogP contribution in [0.4, 0.5) is 0 Å². The van der Waals surface area contributed by atoms with Crippen LogP contribution < -0.4 is 0 Å². The van der Waals surface area contributed by atoms with Gasteiger partial charge in [0, 0.05) is 34.7 Å². The van der Waals surface area contributed by atoms with Gasteiger partial charge >= 0.3 is 0 Å². The van der Waals surface area contributed by atoms with Gasteiger partial charge in [-0.1, -0.05) is 78.9 Å². The third-order valence-corrected chi connectivity index (χ3v) is 6.75. The van der Waals surface area contributed by atoms with Gasteiger partial charge in [0.2, 0.25) is 0 Å². The molecule has 0 saturated carbocycles. The predicted octanol–water partition coefficient (Wildman–Crippen LogP) is 5.76. The second-order valence-corrected chi connectivity index (χ2v) is 8.49. The first-order valence-electron chi connectivity index (χ1n) is 10.9. The van der Waals surface area contributed by atoms with Gasteiger partial charge in [-0.3, -0.25) is 14.6 Å². The topological polar surface area (TPSA) is 46.5 Å². The minimum Gasteiger partial charge on any atom is -0.294 e. The molecule has 0 unspecified atom stereocenters. The molecule has 0 aromatic heterocycles. The molecule has 0 amide bonds. The highest BCUT2D eigenvalue weighted by atomic mass is 16.1. The number of carbonyl (C=O) groups excluding carboxylic acids is 2. The summed E-state index contributed by atoms with van der Waals surface area (Å²) in [6.45, 7) is 0. The molecular weight excluding hydrogens is 382 g/mol. The first-order chi connectivity index (χ1) is 15.2. The van der Waals surface area contributed by atoms with Crippen molar-refractivity contribution < 1.29 is 9.59 Å². The van der Waals surface area contributed by atoms with E-state index in [1.54, 1.807) is 0 Å². The van der Waals surface area contributed by atoms with Crippen molar-refractivity contribution in [3.05, 3.63) is 107 Å². The van der Waals surface area contributed by atoms with Crippen LogP contribution >= 0.6 is 0 Å². The number of fused-ring (bicyclic) bond motifs is 3. The molecule has 6 rings (SSSR count). The molecule has 3 aliphatic rings. The maximum Gasteiger partial charge on any atom is 0.173 e. The number of aliphatic imine (C=N–C) groups is 1. The van der Waals surface area contributed by atoms with E-state index in [0.717, 1.165) is 57.6 Å². The Morgan fingerprint density at radius 2 is 1.35 bits per heavy atom. The normalized spacial score (nSPS) is 22.0. The lowest BCUT2D eigenvalue weighted by molar-refractivity contribution is -0.116. The van der Waals surface area contributed by atoms with Crippen molar-refractivity contribution in [2.45, 2.75) is 25.2 Å². The minimum atomic E-state index is -0.416. The van der Waals surface area contributed by atoms with Crippen molar-refractivity contribution in [1.82, 2.24) is 0 Å². The van der Waals surface area contributed by atoms with Crippen LogP contribution in [-0.4, -0.2) is 17.3 Å². The van der Waals surface area contributed by atoms with E-state index in [1.807, 2.05) is 42.5 Å². The number of nitrogens with zero attached hydrogens (tertiary/aromatic N) is 1. The maximum absolute atomic E-state index is 13.5. The molecule has 0 saturated heterocycles. The number of Topliss-reactive ketones (excluding diaryl/α,β-unsaturated/α-hetero) is 2. The molecule has 3 aromatic rings. The molecule has 31 heavy (non-hydrogen) atoms. The molecule has 1 aliphatic heterocycles. The summed E-state index contributed by atoms with van der Waals surface area (Å²) in [6.07, 6.45) is 2.16. The van der Waals surface area contributed by atoms with Gasteiger partial charge in [-0.2, -0.15) is 0 Å². The van der Waals surface area contributed by atoms with Crippen LogP contribution in [0.1, 0.15) is 46.7 Å². The minimum absolute atomic E-state index is 0.0800. The summed E-state index contributed by atoms with van der Waals surface area (Å²) in [6, 6.07) is 26.3. The van der Waals surface area contributed by atoms with E-state index < -0.39 is 5.92 Å². The van der Waals surface area contributed by atoms with Crippen molar-refractivity contribution in [1.29, 1.82) is 0 Å². The molecular formula is C28H21NO2. The molecule has 3 nitrogen and oxygen atoms in total. The maximum atomic E-state index is 13.5. The van der Waals surface area contributed by atoms with Crippen LogP contribution in [0.3, 0.4) is 0 Å². The zero-order valence-electron chi connectivity index (χ0n) is 17.0. The average Bonchev–Trinajstić information content (AvgIpc) is 3.11. The van der Waals surface area contributed by atoms with Gasteiger partial charge < -0.3 is 0 Å². The van der Waals surface area contributed by atoms with Crippen LogP contribution in [0, 0.1) is 5.92 Å². The summed E-state index contributed by atoms with van der Waals surface area (Å²) in [5.41, 5.74) is 7.42. The zero-order valence-corrected chi connectivity index (χ0v) is 17.0. The Hall–Kier alpha value is -3.59. The molecule has 0 radical (unpaired) electrons. The van der Waals surface area contributed by atoms with Gasteiger partial charge in [-0.15, -0.1) is 0 Å². The highest BCUT2D eigenvalue weighted by Crippen LogP contribution is 2.48. The first kappa shape index (κ1) is 18.2. The predicted molar refractivity (Wildman–Crippen MR) is 121 cm³/mol. The molecule has 3 heteroatoms. The lowest BCUT2D eigenvalue weighted by Crippen LogP contribution is -2.33. The van der Waals surface area contributed by atoms with E-state index in [0.29, 0.717) is 6.42 Å². The standard InChI is InChI=1S/C28H21NO2/c30-23-12-6-11-22-25(23)24(19-15-13-18(14-16-19)17-7-2-1-3-8-17)26-27(29-22)20-9-4-5-10-21(20)28(26)31/h1-5,7-10,13-16,24,26H,6,11-12H2/t24-,26-/m0/s1.